The molecule has 0 aromatic heterocycles. The van der Waals surface area contributed by atoms with Gasteiger partial charge in [-0.05, 0) is 44.0 Å². The number of nitrogens with zero attached hydrogens (tertiary/aromatic N) is 1. The van der Waals surface area contributed by atoms with Gasteiger partial charge < -0.3 is 20.1 Å². The second kappa shape index (κ2) is 11.3. The first-order valence-electron chi connectivity index (χ1n) is 8.92. The van der Waals surface area contributed by atoms with Gasteiger partial charge in [0.2, 0.25) is 0 Å². The van der Waals surface area contributed by atoms with Gasteiger partial charge in [-0.1, -0.05) is 12.7 Å². The van der Waals surface area contributed by atoms with Crippen LogP contribution in [0.15, 0.2) is 30.9 Å². The minimum atomic E-state index is -4.53. The van der Waals surface area contributed by atoms with Crippen LogP contribution in [0.25, 0.3) is 0 Å². The van der Waals surface area contributed by atoms with Crippen molar-refractivity contribution >= 4 is 18.3 Å². The van der Waals surface area contributed by atoms with Crippen LogP contribution in [-0.4, -0.2) is 49.8 Å². The number of ether oxygens (including phenoxy) is 2. The second-order valence-corrected chi connectivity index (χ2v) is 6.31. The van der Waals surface area contributed by atoms with Crippen LogP contribution in [0.4, 0.5) is 13.2 Å². The number of nitrogens with two attached hydrogens (primary N) is 1. The Hall–Kier alpha value is -1.77. The molecule has 1 aromatic rings. The quantitative estimate of drug-likeness (QED) is 0.513. The van der Waals surface area contributed by atoms with Crippen molar-refractivity contribution in [3.05, 3.63) is 42.0 Å². The molecule has 2 rings (SSSR count). The Balaban J connectivity index is 0.00000392. The molecule has 0 unspecified atom stereocenters. The first-order valence-corrected chi connectivity index (χ1v) is 8.92. The van der Waals surface area contributed by atoms with E-state index >= 15 is 0 Å². The van der Waals surface area contributed by atoms with E-state index in [0.717, 1.165) is 18.6 Å². The number of amides is 1. The SMILES string of the molecule is C=CCOc1ccc(C(F)(F)F)cc1C(=O)N1CCC(OCCCN)CC1.Cl. The summed E-state index contributed by atoms with van der Waals surface area (Å²) in [7, 11) is 0. The Kier molecular flexibility index (Phi) is 9.78. The number of rotatable bonds is 8. The maximum Gasteiger partial charge on any atom is 0.416 e. The largest absolute Gasteiger partial charge is 0.489 e. The lowest BCUT2D eigenvalue weighted by Crippen LogP contribution is -2.41. The molecule has 5 nitrogen and oxygen atoms in total. The summed E-state index contributed by atoms with van der Waals surface area (Å²) in [6.45, 7) is 5.58. The Morgan fingerprint density at radius 1 is 1.32 bits per heavy atom. The van der Waals surface area contributed by atoms with Crippen LogP contribution in [0.2, 0.25) is 0 Å². The van der Waals surface area contributed by atoms with E-state index in [1.165, 1.54) is 12.1 Å². The molecule has 1 aliphatic rings. The highest BCUT2D eigenvalue weighted by atomic mass is 35.5. The van der Waals surface area contributed by atoms with Crippen molar-refractivity contribution in [2.45, 2.75) is 31.5 Å². The summed E-state index contributed by atoms with van der Waals surface area (Å²) < 4.78 is 50.2. The number of hydrogen-bond acceptors (Lipinski definition) is 4. The summed E-state index contributed by atoms with van der Waals surface area (Å²) in [5, 5.41) is 0. The van der Waals surface area contributed by atoms with E-state index in [0.29, 0.717) is 39.1 Å². The number of alkyl halides is 3. The van der Waals surface area contributed by atoms with Gasteiger partial charge in [0, 0.05) is 19.7 Å². The molecule has 1 fully saturated rings. The van der Waals surface area contributed by atoms with Gasteiger partial charge in [0.15, 0.2) is 0 Å². The van der Waals surface area contributed by atoms with Gasteiger partial charge in [-0.3, -0.25) is 4.79 Å². The number of carbonyl (C=O) groups excluding carboxylic acids is 1. The minimum Gasteiger partial charge on any atom is -0.489 e. The molecular weight excluding hydrogens is 397 g/mol. The van der Waals surface area contributed by atoms with Gasteiger partial charge in [-0.25, -0.2) is 0 Å². The zero-order valence-corrected chi connectivity index (χ0v) is 16.4. The maximum atomic E-state index is 13.0. The molecule has 2 N–H and O–H groups in total. The third-order valence-electron chi connectivity index (χ3n) is 4.33. The van der Waals surface area contributed by atoms with Gasteiger partial charge in [0.25, 0.3) is 5.91 Å². The first kappa shape index (κ1) is 24.3. The fourth-order valence-corrected chi connectivity index (χ4v) is 2.88. The lowest BCUT2D eigenvalue weighted by Gasteiger charge is -2.32. The summed E-state index contributed by atoms with van der Waals surface area (Å²) in [5.74, 6) is -0.352. The summed E-state index contributed by atoms with van der Waals surface area (Å²) >= 11 is 0. The molecule has 1 amide bonds. The van der Waals surface area contributed by atoms with Crippen LogP contribution in [0.5, 0.6) is 5.75 Å². The molecule has 158 valence electrons. The fraction of sp³-hybridized carbons (Fsp3) is 0.526. The highest BCUT2D eigenvalue weighted by Crippen LogP contribution is 2.33. The highest BCUT2D eigenvalue weighted by Gasteiger charge is 2.33. The average Bonchev–Trinajstić information content (AvgIpc) is 2.65. The van der Waals surface area contributed by atoms with E-state index in [9.17, 15) is 18.0 Å². The van der Waals surface area contributed by atoms with Gasteiger partial charge >= 0.3 is 6.18 Å². The molecular formula is C19H26ClF3N2O3. The number of carbonyl (C=O) groups is 1. The summed E-state index contributed by atoms with van der Waals surface area (Å²) in [5.41, 5.74) is 4.46. The lowest BCUT2D eigenvalue weighted by atomic mass is 10.0. The molecule has 1 aromatic carbocycles. The molecule has 0 saturated carbocycles. The summed E-state index contributed by atoms with van der Waals surface area (Å²) in [6, 6.07) is 2.94. The Labute approximate surface area is 169 Å². The predicted octanol–water partition coefficient (Wildman–Crippen LogP) is 3.66. The number of piperidine rings is 1. The average molecular weight is 423 g/mol. The Morgan fingerprint density at radius 3 is 2.57 bits per heavy atom. The normalized spacial score (nSPS) is 15.1. The number of hydrogen-bond donors (Lipinski definition) is 1. The topological polar surface area (TPSA) is 64.8 Å². The lowest BCUT2D eigenvalue weighted by molar-refractivity contribution is -0.137. The van der Waals surface area contributed by atoms with E-state index in [4.69, 9.17) is 15.2 Å². The number of halogens is 4. The molecule has 0 bridgehead atoms. The molecule has 0 atom stereocenters. The molecule has 1 aliphatic heterocycles. The summed E-state index contributed by atoms with van der Waals surface area (Å²) in [6.07, 6.45) is -0.978. The number of likely N-dealkylation sites (tertiary alicyclic amines) is 1. The smallest absolute Gasteiger partial charge is 0.416 e. The van der Waals surface area contributed by atoms with Gasteiger partial charge in [0.05, 0.1) is 17.2 Å². The molecule has 1 heterocycles. The van der Waals surface area contributed by atoms with E-state index in [2.05, 4.69) is 6.58 Å². The van der Waals surface area contributed by atoms with Crippen LogP contribution in [0.3, 0.4) is 0 Å². The molecule has 0 aliphatic carbocycles. The van der Waals surface area contributed by atoms with Gasteiger partial charge in [-0.2, -0.15) is 13.2 Å². The standard InChI is InChI=1S/C19H25F3N2O3.ClH/c1-2-11-27-17-5-4-14(19(20,21)22)13-16(17)18(25)24-9-6-15(7-10-24)26-12-3-8-23;/h2,4-5,13,15H,1,3,6-12,23H2;1H. The second-order valence-electron chi connectivity index (χ2n) is 6.31. The molecule has 1 saturated heterocycles. The third kappa shape index (κ3) is 6.68. The van der Waals surface area contributed by atoms with Gasteiger partial charge in [-0.15, -0.1) is 12.4 Å². The Bertz CT molecular complexity index is 648. The molecule has 0 spiro atoms. The van der Waals surface area contributed by atoms with E-state index in [1.807, 2.05) is 0 Å². The first-order chi connectivity index (χ1) is 12.9. The van der Waals surface area contributed by atoms with Crippen molar-refractivity contribution in [3.8, 4) is 5.75 Å². The van der Waals surface area contributed by atoms with E-state index < -0.39 is 17.6 Å². The van der Waals surface area contributed by atoms with Crippen molar-refractivity contribution in [3.63, 3.8) is 0 Å². The van der Waals surface area contributed by atoms with E-state index in [1.54, 1.807) is 4.90 Å². The van der Waals surface area contributed by atoms with Crippen LogP contribution in [0.1, 0.15) is 35.2 Å². The van der Waals surface area contributed by atoms with Crippen molar-refractivity contribution < 1.29 is 27.4 Å². The minimum absolute atomic E-state index is 0. The van der Waals surface area contributed by atoms with Crippen molar-refractivity contribution in [2.24, 2.45) is 5.73 Å². The van der Waals surface area contributed by atoms with Crippen molar-refractivity contribution in [1.29, 1.82) is 0 Å². The molecule has 0 radical (unpaired) electrons. The highest BCUT2D eigenvalue weighted by molar-refractivity contribution is 5.97. The molecule has 28 heavy (non-hydrogen) atoms. The predicted molar refractivity (Wildman–Crippen MR) is 103 cm³/mol. The van der Waals surface area contributed by atoms with E-state index in [-0.39, 0.29) is 36.4 Å². The van der Waals surface area contributed by atoms with Crippen molar-refractivity contribution in [1.82, 2.24) is 4.90 Å². The zero-order chi connectivity index (χ0) is 19.9. The molecule has 9 heteroatoms. The van der Waals surface area contributed by atoms with Crippen LogP contribution in [-0.2, 0) is 10.9 Å². The van der Waals surface area contributed by atoms with Crippen LogP contribution < -0.4 is 10.5 Å². The summed E-state index contributed by atoms with van der Waals surface area (Å²) in [4.78, 5) is 14.4. The zero-order valence-electron chi connectivity index (χ0n) is 15.5. The van der Waals surface area contributed by atoms with Crippen LogP contribution in [0, 0.1) is 0 Å². The van der Waals surface area contributed by atoms with Gasteiger partial charge in [0.1, 0.15) is 12.4 Å². The maximum absolute atomic E-state index is 13.0. The Morgan fingerprint density at radius 2 is 2.00 bits per heavy atom. The van der Waals surface area contributed by atoms with Crippen LogP contribution >= 0.6 is 12.4 Å². The third-order valence-corrected chi connectivity index (χ3v) is 4.33. The number of benzene rings is 1. The monoisotopic (exact) mass is 422 g/mol. The fourth-order valence-electron chi connectivity index (χ4n) is 2.88. The van der Waals surface area contributed by atoms with Crippen molar-refractivity contribution in [2.75, 3.05) is 32.8 Å².